The van der Waals surface area contributed by atoms with Crippen molar-refractivity contribution in [3.63, 3.8) is 0 Å². The van der Waals surface area contributed by atoms with E-state index in [1.165, 1.54) is 11.1 Å². The molecule has 0 radical (unpaired) electrons. The van der Waals surface area contributed by atoms with Crippen molar-refractivity contribution in [2.45, 2.75) is 43.8 Å². The number of nitrogens with two attached hydrogens (primary N) is 1. The van der Waals surface area contributed by atoms with Gasteiger partial charge in [0.15, 0.2) is 0 Å². The van der Waals surface area contributed by atoms with Crippen molar-refractivity contribution in [3.8, 4) is 0 Å². The van der Waals surface area contributed by atoms with Gasteiger partial charge >= 0.3 is 0 Å². The molecular weight excluding hydrogens is 462 g/mol. The van der Waals surface area contributed by atoms with E-state index in [9.17, 15) is 0 Å². The van der Waals surface area contributed by atoms with E-state index in [4.69, 9.17) is 10.5 Å². The van der Waals surface area contributed by atoms with Crippen LogP contribution in [-0.4, -0.2) is 28.2 Å². The molecule has 0 bridgehead atoms. The van der Waals surface area contributed by atoms with Crippen LogP contribution in [0.25, 0.3) is 0 Å². The lowest BCUT2D eigenvalue weighted by molar-refractivity contribution is -0.0106. The van der Waals surface area contributed by atoms with Gasteiger partial charge in [0.2, 0.25) is 0 Å². The van der Waals surface area contributed by atoms with Crippen molar-refractivity contribution >= 4 is 17.6 Å². The molecule has 2 heterocycles. The van der Waals surface area contributed by atoms with E-state index in [0.29, 0.717) is 11.7 Å². The first-order valence-electron chi connectivity index (χ1n) is 12.3. The normalized spacial score (nSPS) is 20.7. The van der Waals surface area contributed by atoms with Crippen LogP contribution < -0.4 is 5.73 Å². The Morgan fingerprint density at radius 3 is 2.39 bits per heavy atom. The Morgan fingerprint density at radius 2 is 1.78 bits per heavy atom. The lowest BCUT2D eigenvalue weighted by atomic mass is 9.66. The van der Waals surface area contributed by atoms with E-state index in [1.54, 1.807) is 0 Å². The van der Waals surface area contributed by atoms with Crippen molar-refractivity contribution in [1.82, 2.24) is 4.90 Å². The third kappa shape index (κ3) is 5.43. The first-order valence-corrected chi connectivity index (χ1v) is 13.4. The fourth-order valence-electron chi connectivity index (χ4n) is 4.82. The molecule has 2 atom stereocenters. The Labute approximate surface area is 219 Å². The molecule has 2 aliphatic heterocycles. The van der Waals surface area contributed by atoms with Gasteiger partial charge in [0.25, 0.3) is 0 Å². The first kappa shape index (κ1) is 25.8. The van der Waals surface area contributed by atoms with Crippen molar-refractivity contribution in [2.75, 3.05) is 5.75 Å². The summed E-state index contributed by atoms with van der Waals surface area (Å²) in [7, 11) is 0. The van der Waals surface area contributed by atoms with Gasteiger partial charge < -0.3 is 15.4 Å². The van der Waals surface area contributed by atoms with E-state index < -0.39 is 0 Å². The summed E-state index contributed by atoms with van der Waals surface area (Å²) in [5.74, 6) is 1.97. The van der Waals surface area contributed by atoms with E-state index in [-0.39, 0.29) is 17.1 Å². The molecule has 0 amide bonds. The van der Waals surface area contributed by atoms with Crippen molar-refractivity contribution in [3.05, 3.63) is 132 Å². The Kier molecular flexibility index (Phi) is 8.34. The number of ether oxygens (including phenoxy) is 1. The number of benzene rings is 2. The summed E-state index contributed by atoms with van der Waals surface area (Å²) in [5, 5.41) is 0. The second kappa shape index (κ2) is 11.6. The molecule has 0 spiro atoms. The number of hydrogen-bond donors (Lipinski definition) is 1. The third-order valence-corrected chi connectivity index (χ3v) is 7.96. The topological polar surface area (TPSA) is 50.8 Å². The second-order valence-electron chi connectivity index (χ2n) is 9.07. The predicted octanol–water partition coefficient (Wildman–Crippen LogP) is 6.90. The number of rotatable bonds is 9. The minimum absolute atomic E-state index is 0.0545. The highest BCUT2D eigenvalue weighted by atomic mass is 32.2. The van der Waals surface area contributed by atoms with Gasteiger partial charge in [-0.3, -0.25) is 0 Å². The number of nitrogens with zero attached hydrogens (tertiary/aromatic N) is 2. The number of aliphatic imine (C=N–C) groups is 1. The number of thioether (sulfide) groups is 1. The lowest BCUT2D eigenvalue weighted by Gasteiger charge is -2.37. The monoisotopic (exact) mass is 497 g/mol. The molecule has 2 N–H and O–H groups in total. The Hall–Kier alpha value is -3.28. The van der Waals surface area contributed by atoms with E-state index in [2.05, 4.69) is 91.0 Å². The largest absolute Gasteiger partial charge is 0.383 e. The van der Waals surface area contributed by atoms with Crippen molar-refractivity contribution in [2.24, 2.45) is 10.7 Å². The molecule has 36 heavy (non-hydrogen) atoms. The Morgan fingerprint density at radius 1 is 1.14 bits per heavy atom. The number of amidine groups is 1. The molecule has 2 aliphatic rings. The summed E-state index contributed by atoms with van der Waals surface area (Å²) in [6, 6.07) is 21.4. The first-order chi connectivity index (χ1) is 17.5. The molecule has 0 aliphatic carbocycles. The summed E-state index contributed by atoms with van der Waals surface area (Å²) >= 11 is 1.84. The van der Waals surface area contributed by atoms with Gasteiger partial charge in [0.1, 0.15) is 23.3 Å². The zero-order chi connectivity index (χ0) is 25.5. The summed E-state index contributed by atoms with van der Waals surface area (Å²) < 4.78 is 6.51. The zero-order valence-electron chi connectivity index (χ0n) is 21.1. The van der Waals surface area contributed by atoms with Crippen molar-refractivity contribution in [1.29, 1.82) is 0 Å². The smallest absolute Gasteiger partial charge is 0.145 e. The van der Waals surface area contributed by atoms with Gasteiger partial charge in [-0.1, -0.05) is 98.1 Å². The molecule has 0 saturated carbocycles. The van der Waals surface area contributed by atoms with Gasteiger partial charge in [-0.2, -0.15) is 0 Å². The van der Waals surface area contributed by atoms with Gasteiger partial charge in [0, 0.05) is 22.9 Å². The zero-order valence-corrected chi connectivity index (χ0v) is 22.0. The molecule has 0 aromatic heterocycles. The van der Waals surface area contributed by atoms with Crippen LogP contribution in [0.4, 0.5) is 0 Å². The standard InChI is InChI=1S/C31H35N3OS/c1-5-6-9-14-24(3)31(26-15-10-7-11-16-26,27-17-12-8-13-18-27)20-19-29-35-28(22-36-29)34-21-23(2)30(32)33-25(34)4/h5-18,21,28-29H,3-4,19-20,22H2,1-2H3,(H2,32,33)/b6-5-,14-9-/t28-,29+/m1/s1. The quantitative estimate of drug-likeness (QED) is 0.383. The van der Waals surface area contributed by atoms with Crippen LogP contribution in [0.2, 0.25) is 0 Å². The SMILES string of the molecule is C=C1N=C(N)C(C)=CN1[C@H]1CS[C@@H](CCC(C(=C)/C=C\C=C/C)(c2ccccc2)c2ccccc2)O1. The molecule has 4 rings (SSSR count). The molecule has 0 unspecified atom stereocenters. The molecular formula is C31H35N3OS. The molecule has 1 fully saturated rings. The molecule has 2 aromatic carbocycles. The predicted molar refractivity (Wildman–Crippen MR) is 153 cm³/mol. The van der Waals surface area contributed by atoms with Crippen LogP contribution in [0.1, 0.15) is 37.8 Å². The van der Waals surface area contributed by atoms with Gasteiger partial charge in [0.05, 0.1) is 0 Å². The van der Waals surface area contributed by atoms with E-state index in [0.717, 1.165) is 29.7 Å². The summed E-state index contributed by atoms with van der Waals surface area (Å²) in [6.45, 7) is 12.6. The fraction of sp³-hybridized carbons (Fsp3) is 0.258. The van der Waals surface area contributed by atoms with Crippen LogP contribution >= 0.6 is 11.8 Å². The summed E-state index contributed by atoms with van der Waals surface area (Å²) in [6.07, 6.45) is 11.9. The minimum Gasteiger partial charge on any atom is -0.383 e. The lowest BCUT2D eigenvalue weighted by Crippen LogP contribution is -2.36. The van der Waals surface area contributed by atoms with E-state index in [1.807, 2.05) is 48.9 Å². The fourth-order valence-corrected chi connectivity index (χ4v) is 5.93. The highest BCUT2D eigenvalue weighted by Crippen LogP contribution is 2.45. The highest BCUT2D eigenvalue weighted by molar-refractivity contribution is 8.00. The maximum Gasteiger partial charge on any atom is 0.145 e. The minimum atomic E-state index is -0.368. The van der Waals surface area contributed by atoms with E-state index >= 15 is 0 Å². The Balaban J connectivity index is 1.61. The molecule has 2 aromatic rings. The third-order valence-electron chi connectivity index (χ3n) is 6.77. The molecule has 5 heteroatoms. The van der Waals surface area contributed by atoms with Crippen LogP contribution in [0, 0.1) is 0 Å². The van der Waals surface area contributed by atoms with Crippen molar-refractivity contribution < 1.29 is 4.74 Å². The van der Waals surface area contributed by atoms with Crippen LogP contribution in [0.3, 0.4) is 0 Å². The maximum absolute atomic E-state index is 6.51. The summed E-state index contributed by atoms with van der Waals surface area (Å²) in [5.41, 5.74) is 10.1. The molecule has 1 saturated heterocycles. The molecule has 4 nitrogen and oxygen atoms in total. The maximum atomic E-state index is 6.51. The summed E-state index contributed by atoms with van der Waals surface area (Å²) in [4.78, 5) is 6.38. The highest BCUT2D eigenvalue weighted by Gasteiger charge is 2.39. The number of allylic oxidation sites excluding steroid dienone is 5. The second-order valence-corrected chi connectivity index (χ2v) is 10.3. The van der Waals surface area contributed by atoms with Gasteiger partial charge in [-0.05, 0) is 43.4 Å². The van der Waals surface area contributed by atoms with Crippen LogP contribution in [-0.2, 0) is 10.2 Å². The van der Waals surface area contributed by atoms with Crippen LogP contribution in [0.5, 0.6) is 0 Å². The van der Waals surface area contributed by atoms with Gasteiger partial charge in [-0.15, -0.1) is 11.8 Å². The average molecular weight is 498 g/mol. The van der Waals surface area contributed by atoms with Crippen LogP contribution in [0.15, 0.2) is 126 Å². The average Bonchev–Trinajstić information content (AvgIpc) is 3.37. The van der Waals surface area contributed by atoms with Gasteiger partial charge in [-0.25, -0.2) is 4.99 Å². The number of hydrogen-bond acceptors (Lipinski definition) is 5. The molecule has 186 valence electrons. The Bertz CT molecular complexity index is 1160.